The van der Waals surface area contributed by atoms with Crippen LogP contribution in [0, 0.1) is 0 Å². The van der Waals surface area contributed by atoms with Gasteiger partial charge in [-0.2, -0.15) is 0 Å². The van der Waals surface area contributed by atoms with E-state index in [0.717, 1.165) is 39.0 Å². The Morgan fingerprint density at radius 2 is 1.17 bits per heavy atom. The van der Waals surface area contributed by atoms with E-state index in [1.807, 2.05) is 28.2 Å². The van der Waals surface area contributed by atoms with E-state index in [4.69, 9.17) is 10.2 Å². The van der Waals surface area contributed by atoms with Gasteiger partial charge in [0.25, 0.3) is 0 Å². The summed E-state index contributed by atoms with van der Waals surface area (Å²) in [5.41, 5.74) is 0. The second-order valence-electron chi connectivity index (χ2n) is 8.26. The highest BCUT2D eigenvalue weighted by Gasteiger charge is 2.22. The van der Waals surface area contributed by atoms with Crippen molar-refractivity contribution >= 4 is 11.9 Å². The molecule has 0 atom stereocenters. The van der Waals surface area contributed by atoms with Crippen molar-refractivity contribution in [2.45, 2.75) is 32.7 Å². The third kappa shape index (κ3) is 11.4. The maximum Gasteiger partial charge on any atom is 0.359 e. The smallest absolute Gasteiger partial charge is 0.359 e. The maximum atomic E-state index is 10.9. The molecule has 0 rings (SSSR count). The summed E-state index contributed by atoms with van der Waals surface area (Å²) in [7, 11) is 7.78. The van der Waals surface area contributed by atoms with Crippen LogP contribution in [-0.2, 0) is 9.59 Å². The molecule has 0 aliphatic heterocycles. The fourth-order valence-electron chi connectivity index (χ4n) is 2.92. The number of quaternary nitrogens is 2. The van der Waals surface area contributed by atoms with E-state index < -0.39 is 11.9 Å². The molecule has 0 aromatic heterocycles. The average molecular weight is 348 g/mol. The summed E-state index contributed by atoms with van der Waals surface area (Å²) in [6, 6.07) is 0.426. The van der Waals surface area contributed by atoms with Crippen molar-refractivity contribution in [2.24, 2.45) is 0 Å². The Labute approximate surface area is 146 Å². The minimum absolute atomic E-state index is 0.141. The van der Waals surface area contributed by atoms with Gasteiger partial charge in [0.15, 0.2) is 13.1 Å². The van der Waals surface area contributed by atoms with Crippen LogP contribution in [0.2, 0.25) is 0 Å². The number of aliphatic carboxylic acids is 2. The molecule has 7 nitrogen and oxygen atoms in total. The molecule has 0 unspecified atom stereocenters. The lowest BCUT2D eigenvalue weighted by Gasteiger charge is -2.32. The molecule has 2 N–H and O–H groups in total. The normalized spacial score (nSPS) is 12.8. The first kappa shape index (κ1) is 22.8. The second-order valence-corrected chi connectivity index (χ2v) is 8.26. The molecule has 0 fully saturated rings. The van der Waals surface area contributed by atoms with Crippen molar-refractivity contribution in [3.8, 4) is 0 Å². The summed E-state index contributed by atoms with van der Waals surface area (Å²) < 4.78 is 0.980. The van der Waals surface area contributed by atoms with Gasteiger partial charge >= 0.3 is 11.9 Å². The molecule has 0 radical (unpaired) electrons. The predicted molar refractivity (Wildman–Crippen MR) is 94.9 cm³/mol. The second kappa shape index (κ2) is 9.96. The fraction of sp³-hybridized carbons (Fsp3) is 0.882. The summed E-state index contributed by atoms with van der Waals surface area (Å²) in [6.07, 6.45) is 1.90. The molecule has 0 bridgehead atoms. The van der Waals surface area contributed by atoms with Gasteiger partial charge in [0, 0.05) is 32.0 Å². The van der Waals surface area contributed by atoms with E-state index in [1.54, 1.807) is 0 Å². The third-order valence-electron chi connectivity index (χ3n) is 4.27. The number of carboxylic acids is 2. The Hall–Kier alpha value is -1.18. The molecule has 0 aliphatic carbocycles. The van der Waals surface area contributed by atoms with Crippen LogP contribution in [0.25, 0.3) is 0 Å². The first-order valence-electron chi connectivity index (χ1n) is 8.66. The largest absolute Gasteiger partial charge is 0.477 e. The molecule has 0 amide bonds. The van der Waals surface area contributed by atoms with Gasteiger partial charge in [0.05, 0.1) is 41.3 Å². The maximum absolute atomic E-state index is 10.9. The van der Waals surface area contributed by atoms with E-state index in [0.29, 0.717) is 15.0 Å². The van der Waals surface area contributed by atoms with Crippen molar-refractivity contribution in [1.82, 2.24) is 4.90 Å². The Morgan fingerprint density at radius 1 is 0.833 bits per heavy atom. The lowest BCUT2D eigenvalue weighted by atomic mass is 10.2. The molecule has 24 heavy (non-hydrogen) atoms. The van der Waals surface area contributed by atoms with Gasteiger partial charge in [-0.25, -0.2) is 9.59 Å². The highest BCUT2D eigenvalue weighted by atomic mass is 16.4. The van der Waals surface area contributed by atoms with Gasteiger partial charge in [-0.05, 0) is 13.8 Å². The molecular weight excluding hydrogens is 310 g/mol. The number of carboxylic acid groups (broad SMARTS) is 2. The van der Waals surface area contributed by atoms with Gasteiger partial charge in [0.1, 0.15) is 0 Å². The molecule has 0 saturated carbocycles. The van der Waals surface area contributed by atoms with Crippen LogP contribution >= 0.6 is 0 Å². The Balaban J connectivity index is 4.28. The molecule has 0 aromatic carbocycles. The average Bonchev–Trinajstić information content (AvgIpc) is 2.32. The van der Waals surface area contributed by atoms with E-state index in [1.165, 1.54) is 0 Å². The minimum Gasteiger partial charge on any atom is -0.477 e. The molecule has 0 aromatic rings. The number of likely N-dealkylation sites (N-methyl/N-ethyl adjacent to an activating group) is 2. The number of hydrogen-bond acceptors (Lipinski definition) is 3. The summed E-state index contributed by atoms with van der Waals surface area (Å²) >= 11 is 0. The van der Waals surface area contributed by atoms with Crippen LogP contribution in [-0.4, -0.2) is 110 Å². The summed E-state index contributed by atoms with van der Waals surface area (Å²) in [5.74, 6) is -1.53. The molecule has 0 heterocycles. The van der Waals surface area contributed by atoms with E-state index in [9.17, 15) is 9.59 Å². The van der Waals surface area contributed by atoms with Crippen molar-refractivity contribution in [2.75, 3.05) is 67.5 Å². The predicted octanol–water partition coefficient (Wildman–Crippen LogP) is 0.799. The van der Waals surface area contributed by atoms with Crippen LogP contribution in [0.15, 0.2) is 0 Å². The van der Waals surface area contributed by atoms with Crippen molar-refractivity contribution < 1.29 is 28.8 Å². The molecule has 7 heteroatoms. The highest BCUT2D eigenvalue weighted by Crippen LogP contribution is 2.07. The van der Waals surface area contributed by atoms with E-state index >= 15 is 0 Å². The minimum atomic E-state index is -0.765. The lowest BCUT2D eigenvalue weighted by Crippen LogP contribution is -2.47. The first-order chi connectivity index (χ1) is 10.8. The third-order valence-corrected chi connectivity index (χ3v) is 4.27. The van der Waals surface area contributed by atoms with Gasteiger partial charge in [-0.15, -0.1) is 0 Å². The van der Waals surface area contributed by atoms with Gasteiger partial charge in [-0.1, -0.05) is 0 Å². The SMILES string of the molecule is CC(C)N(CCC[N+](C)(C)CC(=O)O)CCC[N+](C)(C)CC(=O)O. The van der Waals surface area contributed by atoms with Gasteiger partial charge in [-0.3, -0.25) is 0 Å². The molecule has 0 spiro atoms. The molecular formula is C17H37N3O4+2. The van der Waals surface area contributed by atoms with Crippen LogP contribution in [0.4, 0.5) is 0 Å². The highest BCUT2D eigenvalue weighted by molar-refractivity contribution is 5.68. The van der Waals surface area contributed by atoms with E-state index in [2.05, 4.69) is 18.7 Å². The molecule has 142 valence electrons. The van der Waals surface area contributed by atoms with Crippen molar-refractivity contribution in [3.63, 3.8) is 0 Å². The molecule has 0 aliphatic rings. The quantitative estimate of drug-likeness (QED) is 0.482. The Kier molecular flexibility index (Phi) is 9.47. The fourth-order valence-corrected chi connectivity index (χ4v) is 2.92. The number of carbonyl (C=O) groups is 2. The summed E-state index contributed by atoms with van der Waals surface area (Å²) in [4.78, 5) is 24.1. The van der Waals surface area contributed by atoms with Gasteiger partial charge in [0.2, 0.25) is 0 Å². The van der Waals surface area contributed by atoms with Gasteiger partial charge < -0.3 is 24.1 Å². The summed E-state index contributed by atoms with van der Waals surface area (Å²) in [5, 5.41) is 17.9. The zero-order valence-electron chi connectivity index (χ0n) is 16.3. The standard InChI is InChI=1S/C17H35N3O4/c1-15(2)18(9-7-11-19(3,4)13-16(21)22)10-8-12-20(5,6)14-17(23)24/h15H,7-14H2,1-6H3/p+2. The number of nitrogens with zero attached hydrogens (tertiary/aromatic N) is 3. The van der Waals surface area contributed by atoms with Crippen LogP contribution < -0.4 is 0 Å². The van der Waals surface area contributed by atoms with E-state index in [-0.39, 0.29) is 13.1 Å². The monoisotopic (exact) mass is 347 g/mol. The van der Waals surface area contributed by atoms with Crippen molar-refractivity contribution in [1.29, 1.82) is 0 Å². The first-order valence-corrected chi connectivity index (χ1v) is 8.66. The number of hydrogen-bond donors (Lipinski definition) is 2. The lowest BCUT2D eigenvalue weighted by molar-refractivity contribution is -0.883. The van der Waals surface area contributed by atoms with Crippen LogP contribution in [0.1, 0.15) is 26.7 Å². The zero-order valence-corrected chi connectivity index (χ0v) is 16.3. The molecule has 0 saturated heterocycles. The summed E-state index contributed by atoms with van der Waals surface area (Å²) in [6.45, 7) is 8.14. The van der Waals surface area contributed by atoms with Crippen LogP contribution in [0.5, 0.6) is 0 Å². The topological polar surface area (TPSA) is 77.8 Å². The van der Waals surface area contributed by atoms with Crippen molar-refractivity contribution in [3.05, 3.63) is 0 Å². The zero-order chi connectivity index (χ0) is 19.0. The Morgan fingerprint density at radius 3 is 1.42 bits per heavy atom. The number of rotatable bonds is 13. The Bertz CT molecular complexity index is 375. The van der Waals surface area contributed by atoms with Crippen LogP contribution in [0.3, 0.4) is 0 Å².